The Hall–Kier alpha value is -1.34. The highest BCUT2D eigenvalue weighted by atomic mass is 127. The molecular weight excluding hydrogens is 429 g/mol. The SMILES string of the molecule is COc1cc2c3c(c1OC)C1(C=CC(=O)C=C1)CC3[N+](C)(C)CC2.[I-]. The number of carbonyl (C=O) groups excluding carboxylic acids is 1. The summed E-state index contributed by atoms with van der Waals surface area (Å²) in [5.41, 5.74) is 3.67. The van der Waals surface area contributed by atoms with Gasteiger partial charge in [0.25, 0.3) is 0 Å². The second kappa shape index (κ2) is 6.13. The number of carbonyl (C=O) groups is 1. The van der Waals surface area contributed by atoms with E-state index in [9.17, 15) is 4.79 Å². The van der Waals surface area contributed by atoms with Crippen LogP contribution < -0.4 is 33.5 Å². The Morgan fingerprint density at radius 3 is 2.44 bits per heavy atom. The predicted molar refractivity (Wildman–Crippen MR) is 92.5 cm³/mol. The number of methoxy groups -OCH3 is 2. The minimum absolute atomic E-state index is 0. The number of hydrogen-bond acceptors (Lipinski definition) is 3. The number of halogens is 1. The average molecular weight is 453 g/mol. The van der Waals surface area contributed by atoms with Crippen molar-refractivity contribution >= 4 is 5.78 Å². The predicted octanol–water partition coefficient (Wildman–Crippen LogP) is -0.282. The molecule has 4 nitrogen and oxygen atoms in total. The maximum absolute atomic E-state index is 11.7. The number of nitrogens with zero attached hydrogens (tertiary/aromatic N) is 1. The van der Waals surface area contributed by atoms with Gasteiger partial charge in [0.05, 0.1) is 34.9 Å². The van der Waals surface area contributed by atoms with Gasteiger partial charge in [-0.2, -0.15) is 0 Å². The minimum atomic E-state index is -0.275. The number of quaternary nitrogens is 1. The van der Waals surface area contributed by atoms with E-state index in [1.165, 1.54) is 16.7 Å². The lowest BCUT2D eigenvalue weighted by Gasteiger charge is -2.41. The van der Waals surface area contributed by atoms with Crippen LogP contribution in [0, 0.1) is 0 Å². The summed E-state index contributed by atoms with van der Waals surface area (Å²) in [4.78, 5) is 11.7. The molecule has 1 aromatic carbocycles. The van der Waals surface area contributed by atoms with E-state index in [-0.39, 0.29) is 35.2 Å². The molecule has 1 spiro atoms. The zero-order valence-electron chi connectivity index (χ0n) is 15.1. The van der Waals surface area contributed by atoms with Crippen molar-refractivity contribution in [1.82, 2.24) is 0 Å². The highest BCUT2D eigenvalue weighted by Gasteiger charge is 2.53. The zero-order valence-corrected chi connectivity index (χ0v) is 17.3. The van der Waals surface area contributed by atoms with Crippen LogP contribution >= 0.6 is 0 Å². The first-order valence-corrected chi connectivity index (χ1v) is 8.45. The highest BCUT2D eigenvalue weighted by molar-refractivity contribution is 6.01. The zero-order chi connectivity index (χ0) is 17.1. The molecule has 1 atom stereocenters. The van der Waals surface area contributed by atoms with Gasteiger partial charge in [-0.15, -0.1) is 0 Å². The first-order chi connectivity index (χ1) is 11.4. The summed E-state index contributed by atoms with van der Waals surface area (Å²) < 4.78 is 12.4. The Balaban J connectivity index is 0.00000182. The van der Waals surface area contributed by atoms with Crippen molar-refractivity contribution in [3.63, 3.8) is 0 Å². The van der Waals surface area contributed by atoms with Crippen LogP contribution in [0.15, 0.2) is 30.4 Å². The summed E-state index contributed by atoms with van der Waals surface area (Å²) in [6.07, 6.45) is 9.52. The van der Waals surface area contributed by atoms with Crippen LogP contribution in [0.2, 0.25) is 0 Å². The van der Waals surface area contributed by atoms with Gasteiger partial charge in [0.1, 0.15) is 6.04 Å². The van der Waals surface area contributed by atoms with E-state index >= 15 is 0 Å². The Morgan fingerprint density at radius 1 is 1.16 bits per heavy atom. The highest BCUT2D eigenvalue weighted by Crippen LogP contribution is 2.59. The molecule has 0 N–H and O–H groups in total. The molecule has 0 aromatic heterocycles. The summed E-state index contributed by atoms with van der Waals surface area (Å²) in [5, 5.41) is 0. The minimum Gasteiger partial charge on any atom is -1.00 e. The van der Waals surface area contributed by atoms with Gasteiger partial charge in [-0.3, -0.25) is 4.79 Å². The lowest BCUT2D eigenvalue weighted by atomic mass is 9.77. The van der Waals surface area contributed by atoms with Crippen LogP contribution in [-0.2, 0) is 16.6 Å². The third-order valence-corrected chi connectivity index (χ3v) is 6.02. The number of allylic oxidation sites excluding steroid dienone is 4. The quantitative estimate of drug-likeness (QED) is 0.457. The summed E-state index contributed by atoms with van der Waals surface area (Å²) in [6, 6.07) is 2.55. The normalized spacial score (nSPS) is 24.0. The summed E-state index contributed by atoms with van der Waals surface area (Å²) in [7, 11) is 7.99. The second-order valence-corrected chi connectivity index (χ2v) is 7.64. The van der Waals surface area contributed by atoms with Crippen LogP contribution in [0.25, 0.3) is 0 Å². The molecule has 134 valence electrons. The van der Waals surface area contributed by atoms with Gasteiger partial charge in [0.2, 0.25) is 0 Å². The fourth-order valence-electron chi connectivity index (χ4n) is 4.67. The van der Waals surface area contributed by atoms with Crippen LogP contribution in [0.1, 0.15) is 29.2 Å². The van der Waals surface area contributed by atoms with E-state index < -0.39 is 0 Å². The maximum Gasteiger partial charge on any atom is 0.178 e. The first kappa shape index (κ1) is 18.5. The Morgan fingerprint density at radius 2 is 1.84 bits per heavy atom. The molecule has 2 aliphatic carbocycles. The Kier molecular flexibility index (Phi) is 4.52. The van der Waals surface area contributed by atoms with E-state index in [1.54, 1.807) is 26.4 Å². The summed E-state index contributed by atoms with van der Waals surface area (Å²) in [6.45, 7) is 1.11. The topological polar surface area (TPSA) is 35.5 Å². The fraction of sp³-hybridized carbons (Fsp3) is 0.450. The maximum atomic E-state index is 11.7. The molecule has 1 aliphatic heterocycles. The smallest absolute Gasteiger partial charge is 0.178 e. The monoisotopic (exact) mass is 453 g/mol. The van der Waals surface area contributed by atoms with Crippen molar-refractivity contribution in [2.75, 3.05) is 34.9 Å². The molecule has 0 fully saturated rings. The van der Waals surface area contributed by atoms with E-state index in [0.29, 0.717) is 6.04 Å². The van der Waals surface area contributed by atoms with Gasteiger partial charge in [0.15, 0.2) is 17.3 Å². The van der Waals surface area contributed by atoms with Gasteiger partial charge in [-0.25, -0.2) is 0 Å². The molecule has 1 heterocycles. The molecule has 0 saturated carbocycles. The lowest BCUT2D eigenvalue weighted by molar-refractivity contribution is -0.923. The van der Waals surface area contributed by atoms with Crippen molar-refractivity contribution in [3.05, 3.63) is 47.1 Å². The van der Waals surface area contributed by atoms with Crippen LogP contribution in [0.5, 0.6) is 11.5 Å². The van der Waals surface area contributed by atoms with Crippen molar-refractivity contribution in [3.8, 4) is 11.5 Å². The molecular formula is C20H24INO3. The largest absolute Gasteiger partial charge is 1.00 e. The average Bonchev–Trinajstić information content (AvgIpc) is 2.91. The number of ether oxygens (including phenoxy) is 2. The second-order valence-electron chi connectivity index (χ2n) is 7.64. The van der Waals surface area contributed by atoms with Gasteiger partial charge in [-0.05, 0) is 23.8 Å². The summed E-state index contributed by atoms with van der Waals surface area (Å²) >= 11 is 0. The number of ketones is 1. The third kappa shape index (κ3) is 2.54. The standard InChI is InChI=1S/C20H24NO3.HI/c1-21(2)10-7-13-11-16(23-3)19(24-4)18-17(13)15(21)12-20(18)8-5-14(22)6-9-20;/h5-6,8-9,11,15H,7,10,12H2,1-4H3;1H/q+1;/p-1. The molecule has 1 unspecified atom stereocenters. The van der Waals surface area contributed by atoms with Crippen molar-refractivity contribution in [1.29, 1.82) is 0 Å². The molecule has 0 saturated heterocycles. The number of benzene rings is 1. The van der Waals surface area contributed by atoms with Crippen molar-refractivity contribution in [2.45, 2.75) is 24.3 Å². The fourth-order valence-corrected chi connectivity index (χ4v) is 4.67. The lowest BCUT2D eigenvalue weighted by Crippen LogP contribution is -3.00. The molecule has 5 heteroatoms. The van der Waals surface area contributed by atoms with Gasteiger partial charge < -0.3 is 37.9 Å². The Labute approximate surface area is 166 Å². The molecule has 3 aliphatic rings. The van der Waals surface area contributed by atoms with Crippen molar-refractivity contribution in [2.24, 2.45) is 0 Å². The van der Waals surface area contributed by atoms with Crippen molar-refractivity contribution < 1.29 is 42.7 Å². The molecule has 1 aromatic rings. The van der Waals surface area contributed by atoms with E-state index in [4.69, 9.17) is 9.47 Å². The Bertz CT molecular complexity index is 779. The van der Waals surface area contributed by atoms with E-state index in [2.05, 4.69) is 32.3 Å². The van der Waals surface area contributed by atoms with Gasteiger partial charge >= 0.3 is 0 Å². The number of rotatable bonds is 2. The molecule has 0 amide bonds. The van der Waals surface area contributed by atoms with E-state index in [0.717, 1.165) is 35.4 Å². The number of likely N-dealkylation sites (N-methyl/N-ethyl adjacent to an activating group) is 1. The van der Waals surface area contributed by atoms with E-state index in [1.807, 2.05) is 0 Å². The van der Waals surface area contributed by atoms with Crippen LogP contribution in [0.4, 0.5) is 0 Å². The molecule has 0 bridgehead atoms. The molecule has 4 rings (SSSR count). The third-order valence-electron chi connectivity index (χ3n) is 6.02. The number of hydrogen-bond donors (Lipinski definition) is 0. The van der Waals surface area contributed by atoms with Crippen LogP contribution in [-0.4, -0.2) is 45.1 Å². The molecule has 0 radical (unpaired) electrons. The van der Waals surface area contributed by atoms with Crippen LogP contribution in [0.3, 0.4) is 0 Å². The first-order valence-electron chi connectivity index (χ1n) is 8.45. The van der Waals surface area contributed by atoms with Gasteiger partial charge in [0, 0.05) is 29.4 Å². The number of fused-ring (bicyclic) bond motifs is 1. The molecule has 25 heavy (non-hydrogen) atoms. The van der Waals surface area contributed by atoms with Gasteiger partial charge in [-0.1, -0.05) is 12.2 Å². The summed E-state index contributed by atoms with van der Waals surface area (Å²) in [5.74, 6) is 1.65.